The van der Waals surface area contributed by atoms with Crippen molar-refractivity contribution in [2.24, 2.45) is 0 Å². The van der Waals surface area contributed by atoms with Gasteiger partial charge in [0.15, 0.2) is 0 Å². The fraction of sp³-hybridized carbons (Fsp3) is 0.0769. The van der Waals surface area contributed by atoms with Gasteiger partial charge in [-0.2, -0.15) is 0 Å². The van der Waals surface area contributed by atoms with Gasteiger partial charge < -0.3 is 4.90 Å². The van der Waals surface area contributed by atoms with Crippen molar-refractivity contribution < 1.29 is 29.5 Å². The Morgan fingerprint density at radius 3 is 1.25 bits per heavy atom. The topological polar surface area (TPSA) is 262 Å². The van der Waals surface area contributed by atoms with E-state index >= 15 is 0 Å². The van der Waals surface area contributed by atoms with E-state index in [4.69, 9.17) is 0 Å². The van der Waals surface area contributed by atoms with Crippen LogP contribution in [0.5, 0.6) is 0 Å². The van der Waals surface area contributed by atoms with Crippen molar-refractivity contribution in [1.29, 1.82) is 0 Å². The average Bonchev–Trinajstić information content (AvgIpc) is 2.70. The molecule has 0 aliphatic carbocycles. The highest BCUT2D eigenvalue weighted by Gasteiger charge is 2.55. The fourth-order valence-electron chi connectivity index (χ4n) is 2.88. The molecule has 19 heteroatoms. The third-order valence-electron chi connectivity index (χ3n) is 4.03. The highest BCUT2D eigenvalue weighted by molar-refractivity contribution is 5.97. The minimum absolute atomic E-state index is 0.373. The van der Waals surface area contributed by atoms with Gasteiger partial charge in [-0.05, 0) is 6.07 Å². The van der Waals surface area contributed by atoms with Crippen LogP contribution in [0.15, 0.2) is 24.3 Å². The van der Waals surface area contributed by atoms with Gasteiger partial charge >= 0.3 is 28.4 Å². The van der Waals surface area contributed by atoms with E-state index in [1.807, 2.05) is 0 Å². The van der Waals surface area contributed by atoms with E-state index in [9.17, 15) is 60.7 Å². The summed E-state index contributed by atoms with van der Waals surface area (Å²) in [5, 5.41) is 68.9. The van der Waals surface area contributed by atoms with Crippen LogP contribution in [0.4, 0.5) is 45.5 Å². The summed E-state index contributed by atoms with van der Waals surface area (Å²) < 4.78 is 0. The van der Waals surface area contributed by atoms with Crippen molar-refractivity contribution in [1.82, 2.24) is 0 Å². The van der Waals surface area contributed by atoms with Crippen LogP contribution in [0.25, 0.3) is 0 Å². The zero-order valence-corrected chi connectivity index (χ0v) is 15.3. The van der Waals surface area contributed by atoms with Gasteiger partial charge in [-0.1, -0.05) is 12.1 Å². The number of anilines is 2. The van der Waals surface area contributed by atoms with Crippen LogP contribution in [0, 0.1) is 60.7 Å². The molecule has 2 rings (SSSR count). The number of hydrogen-bond donors (Lipinski definition) is 0. The van der Waals surface area contributed by atoms with E-state index in [0.29, 0.717) is 4.90 Å². The molecule has 0 fully saturated rings. The van der Waals surface area contributed by atoms with Gasteiger partial charge in [0.25, 0.3) is 5.69 Å². The van der Waals surface area contributed by atoms with Gasteiger partial charge in [0.05, 0.1) is 29.5 Å². The van der Waals surface area contributed by atoms with Crippen LogP contribution in [0.3, 0.4) is 0 Å². The van der Waals surface area contributed by atoms with Crippen molar-refractivity contribution in [3.05, 3.63) is 85.0 Å². The monoisotopic (exact) mass is 453 g/mol. The van der Waals surface area contributed by atoms with E-state index in [0.717, 1.165) is 19.2 Å². The minimum atomic E-state index is -2.09. The molecule has 0 spiro atoms. The fourth-order valence-corrected chi connectivity index (χ4v) is 2.88. The molecule has 32 heavy (non-hydrogen) atoms. The number of nitro groups is 6. The normalized spacial score (nSPS) is 10.3. The summed E-state index contributed by atoms with van der Waals surface area (Å²) in [6, 6.07) is 4.17. The molecule has 0 amide bonds. The van der Waals surface area contributed by atoms with E-state index < -0.39 is 75.0 Å². The third-order valence-corrected chi connectivity index (χ3v) is 4.03. The number of rotatable bonds is 8. The van der Waals surface area contributed by atoms with E-state index in [-0.39, 0.29) is 0 Å². The molecule has 0 N–H and O–H groups in total. The van der Waals surface area contributed by atoms with Gasteiger partial charge in [0.2, 0.25) is 5.69 Å². The second kappa shape index (κ2) is 8.17. The molecule has 0 saturated carbocycles. The molecule has 19 nitrogen and oxygen atoms in total. The first-order valence-electron chi connectivity index (χ1n) is 7.75. The summed E-state index contributed by atoms with van der Waals surface area (Å²) in [5.74, 6) is 0. The Balaban J connectivity index is 3.27. The summed E-state index contributed by atoms with van der Waals surface area (Å²) in [6.45, 7) is 0. The summed E-state index contributed by atoms with van der Waals surface area (Å²) in [4.78, 5) is 60.0. The maximum absolute atomic E-state index is 11.7. The van der Waals surface area contributed by atoms with Crippen molar-refractivity contribution in [3.63, 3.8) is 0 Å². The highest BCUT2D eigenvalue weighted by atomic mass is 16.7. The lowest BCUT2D eigenvalue weighted by atomic mass is 10.1. The molecule has 166 valence electrons. The van der Waals surface area contributed by atoms with Crippen molar-refractivity contribution in [3.8, 4) is 0 Å². The Bertz CT molecular complexity index is 1170. The molecule has 0 heterocycles. The molecule has 2 aromatic rings. The van der Waals surface area contributed by atoms with Gasteiger partial charge in [-0.3, -0.25) is 60.7 Å². The summed E-state index contributed by atoms with van der Waals surface area (Å²) in [7, 11) is 0.775. The van der Waals surface area contributed by atoms with E-state index in [1.165, 1.54) is 12.1 Å². The maximum atomic E-state index is 11.7. The average molecular weight is 453 g/mol. The predicted octanol–water partition coefficient (Wildman–Crippen LogP) is 2.90. The summed E-state index contributed by atoms with van der Waals surface area (Å²) >= 11 is 0. The SMILES string of the molecule is CN(c1ccccc1[N+](=O)[O-])c1c([N+](=O)[O-])c([N+](=O)[O-])c([N+](=O)[O-])c([N+](=O)[O-])c1[N+](=O)[O-]. The second-order valence-corrected chi connectivity index (χ2v) is 5.68. The first kappa shape index (κ1) is 22.9. The Morgan fingerprint density at radius 2 is 0.906 bits per heavy atom. The van der Waals surface area contributed by atoms with Crippen LogP contribution in [0.2, 0.25) is 0 Å². The van der Waals surface area contributed by atoms with Gasteiger partial charge in [0, 0.05) is 13.1 Å². The van der Waals surface area contributed by atoms with Gasteiger partial charge in [0.1, 0.15) is 5.69 Å². The molecular formula is C13H7N7O12. The maximum Gasteiger partial charge on any atom is 0.437 e. The Morgan fingerprint density at radius 1 is 0.562 bits per heavy atom. The van der Waals surface area contributed by atoms with Crippen molar-refractivity contribution >= 4 is 45.5 Å². The van der Waals surface area contributed by atoms with E-state index in [1.54, 1.807) is 0 Å². The van der Waals surface area contributed by atoms with Crippen LogP contribution in [-0.2, 0) is 0 Å². The minimum Gasteiger partial charge on any atom is -0.327 e. The number of nitrogens with zero attached hydrogens (tertiary/aromatic N) is 7. The molecule has 2 aromatic carbocycles. The van der Waals surface area contributed by atoms with Crippen LogP contribution in [0.1, 0.15) is 0 Å². The third kappa shape index (κ3) is 3.62. The van der Waals surface area contributed by atoms with Gasteiger partial charge in [-0.25, -0.2) is 0 Å². The number of benzene rings is 2. The highest BCUT2D eigenvalue weighted by Crippen LogP contribution is 2.56. The molecule has 0 radical (unpaired) electrons. The Labute approximate surface area is 173 Å². The van der Waals surface area contributed by atoms with Gasteiger partial charge in [-0.15, -0.1) is 0 Å². The molecule has 0 saturated heterocycles. The second-order valence-electron chi connectivity index (χ2n) is 5.68. The van der Waals surface area contributed by atoms with Crippen LogP contribution in [-0.4, -0.2) is 36.6 Å². The molecule has 0 unspecified atom stereocenters. The Kier molecular flexibility index (Phi) is 5.86. The first-order chi connectivity index (χ1) is 14.8. The number of nitro benzene ring substituents is 6. The van der Waals surface area contributed by atoms with E-state index in [2.05, 4.69) is 0 Å². The van der Waals surface area contributed by atoms with Crippen LogP contribution >= 0.6 is 0 Å². The zero-order chi connectivity index (χ0) is 24.5. The molecule has 0 bridgehead atoms. The standard InChI is InChI=1S/C13H7N7O12/c1-14(6-4-2-3-5-7(6)15(21)22)8-9(16(23)24)11(18(27)28)13(20(31)32)12(19(29)30)10(8)17(25)26/h2-5H,1H3. The lowest BCUT2D eigenvalue weighted by Crippen LogP contribution is -2.18. The molecule has 0 atom stereocenters. The Hall–Kier alpha value is -5.36. The van der Waals surface area contributed by atoms with Crippen molar-refractivity contribution in [2.75, 3.05) is 11.9 Å². The molecular weight excluding hydrogens is 446 g/mol. The number of para-hydroxylation sites is 2. The zero-order valence-electron chi connectivity index (χ0n) is 15.3. The summed E-state index contributed by atoms with van der Waals surface area (Å²) in [5.41, 5.74) is -12.5. The van der Waals surface area contributed by atoms with Crippen LogP contribution < -0.4 is 4.90 Å². The van der Waals surface area contributed by atoms with Crippen molar-refractivity contribution in [2.45, 2.75) is 0 Å². The lowest BCUT2D eigenvalue weighted by molar-refractivity contribution is -0.459. The quantitative estimate of drug-likeness (QED) is 0.411. The molecule has 0 aliphatic rings. The largest absolute Gasteiger partial charge is 0.437 e. The predicted molar refractivity (Wildman–Crippen MR) is 101 cm³/mol. The lowest BCUT2D eigenvalue weighted by Gasteiger charge is -2.18. The summed E-state index contributed by atoms with van der Waals surface area (Å²) in [6.07, 6.45) is 0. The smallest absolute Gasteiger partial charge is 0.327 e. The first-order valence-corrected chi connectivity index (χ1v) is 7.75. The molecule has 0 aromatic heterocycles. The molecule has 0 aliphatic heterocycles. The number of hydrogen-bond acceptors (Lipinski definition) is 13.